The topological polar surface area (TPSA) is 61.9 Å². The van der Waals surface area contributed by atoms with Gasteiger partial charge in [0.15, 0.2) is 0 Å². The van der Waals surface area contributed by atoms with Gasteiger partial charge in [0.1, 0.15) is 23.6 Å². The van der Waals surface area contributed by atoms with Gasteiger partial charge < -0.3 is 15.0 Å². The molecule has 2 heterocycles. The molecule has 1 N–H and O–H groups in total. The summed E-state index contributed by atoms with van der Waals surface area (Å²) in [4.78, 5) is 31.3. The van der Waals surface area contributed by atoms with E-state index in [2.05, 4.69) is 29.3 Å². The van der Waals surface area contributed by atoms with Gasteiger partial charge in [-0.3, -0.25) is 14.5 Å². The Balaban J connectivity index is 0.00000370. The maximum absolute atomic E-state index is 13.6. The van der Waals surface area contributed by atoms with Gasteiger partial charge in [0.05, 0.1) is 0 Å². The van der Waals surface area contributed by atoms with Crippen LogP contribution in [-0.2, 0) is 22.6 Å². The largest absolute Gasteiger partial charge is 0.457 e. The molecule has 2 aliphatic rings. The van der Waals surface area contributed by atoms with Gasteiger partial charge >= 0.3 is 0 Å². The minimum absolute atomic E-state index is 0. The van der Waals surface area contributed by atoms with Crippen molar-refractivity contribution < 1.29 is 14.3 Å². The van der Waals surface area contributed by atoms with Crippen LogP contribution in [0.1, 0.15) is 43.7 Å². The fourth-order valence-corrected chi connectivity index (χ4v) is 5.80. The fourth-order valence-electron chi connectivity index (χ4n) is 5.80. The van der Waals surface area contributed by atoms with Gasteiger partial charge in [0, 0.05) is 19.5 Å². The van der Waals surface area contributed by atoms with Crippen LogP contribution in [-0.4, -0.2) is 53.3 Å². The number of piperidine rings is 1. The van der Waals surface area contributed by atoms with Crippen LogP contribution >= 0.6 is 12.4 Å². The average molecular weight is 562 g/mol. The molecule has 2 aliphatic heterocycles. The normalized spacial score (nSPS) is 20.1. The number of piperazine rings is 1. The van der Waals surface area contributed by atoms with Crippen LogP contribution in [0.2, 0.25) is 0 Å². The molecule has 6 nitrogen and oxygen atoms in total. The van der Waals surface area contributed by atoms with Crippen molar-refractivity contribution in [3.63, 3.8) is 0 Å². The van der Waals surface area contributed by atoms with E-state index in [1.165, 1.54) is 5.56 Å². The summed E-state index contributed by atoms with van der Waals surface area (Å²) in [5.74, 6) is 1.92. The first-order valence-electron chi connectivity index (χ1n) is 14.3. The minimum Gasteiger partial charge on any atom is -0.457 e. The number of unbranched alkanes of at least 4 members (excludes halogenated alkanes) is 1. The molecule has 2 saturated heterocycles. The summed E-state index contributed by atoms with van der Waals surface area (Å²) in [6, 6.07) is 27.2. The first-order valence-corrected chi connectivity index (χ1v) is 14.3. The van der Waals surface area contributed by atoms with Crippen LogP contribution in [0.25, 0.3) is 0 Å². The highest BCUT2D eigenvalue weighted by molar-refractivity contribution is 5.97. The van der Waals surface area contributed by atoms with Crippen molar-refractivity contribution in [2.24, 2.45) is 5.92 Å². The first kappa shape index (κ1) is 29.6. The highest BCUT2D eigenvalue weighted by Gasteiger charge is 2.44. The first-order chi connectivity index (χ1) is 19.1. The van der Waals surface area contributed by atoms with E-state index in [0.29, 0.717) is 13.0 Å². The van der Waals surface area contributed by atoms with Crippen LogP contribution < -0.4 is 10.1 Å². The zero-order valence-corrected chi connectivity index (χ0v) is 24.0. The van der Waals surface area contributed by atoms with E-state index in [9.17, 15) is 9.59 Å². The molecule has 212 valence electrons. The molecule has 2 atom stereocenters. The van der Waals surface area contributed by atoms with E-state index in [1.807, 2.05) is 77.7 Å². The number of halogens is 1. The monoisotopic (exact) mass is 561 g/mol. The Morgan fingerprint density at radius 2 is 1.45 bits per heavy atom. The number of rotatable bonds is 10. The molecule has 40 heavy (non-hydrogen) atoms. The second kappa shape index (κ2) is 14.3. The average Bonchev–Trinajstić information content (AvgIpc) is 2.97. The van der Waals surface area contributed by atoms with Crippen LogP contribution in [0.5, 0.6) is 11.5 Å². The Morgan fingerprint density at radius 1 is 0.825 bits per heavy atom. The van der Waals surface area contributed by atoms with Crippen molar-refractivity contribution >= 4 is 24.2 Å². The van der Waals surface area contributed by atoms with Gasteiger partial charge in [0.25, 0.3) is 0 Å². The predicted molar refractivity (Wildman–Crippen MR) is 161 cm³/mol. The SMILES string of the molecule is CCCCN1C(=O)C(Cc2ccccc2)NC(=O)C1C1CCN(Cc2ccc(Oc3ccccc3)cc2)CC1.Cl. The van der Waals surface area contributed by atoms with Crippen molar-refractivity contribution in [1.82, 2.24) is 15.1 Å². The predicted octanol–water partition coefficient (Wildman–Crippen LogP) is 5.85. The number of hydrogen-bond donors (Lipinski definition) is 1. The maximum atomic E-state index is 13.6. The zero-order chi connectivity index (χ0) is 27.0. The quantitative estimate of drug-likeness (QED) is 0.337. The molecule has 0 aliphatic carbocycles. The molecule has 0 saturated carbocycles. The molecule has 0 aromatic heterocycles. The number of carbonyl (C=O) groups excluding carboxylic acids is 2. The molecular weight excluding hydrogens is 522 g/mol. The van der Waals surface area contributed by atoms with Crippen molar-refractivity contribution in [2.45, 2.75) is 57.7 Å². The number of benzene rings is 3. The number of ether oxygens (including phenoxy) is 1. The molecule has 0 bridgehead atoms. The lowest BCUT2D eigenvalue weighted by Gasteiger charge is -2.45. The third-order valence-corrected chi connectivity index (χ3v) is 7.92. The lowest BCUT2D eigenvalue weighted by Crippen LogP contribution is -2.66. The number of hydrogen-bond acceptors (Lipinski definition) is 4. The molecule has 3 aromatic carbocycles. The van der Waals surface area contributed by atoms with Crippen molar-refractivity contribution in [2.75, 3.05) is 19.6 Å². The summed E-state index contributed by atoms with van der Waals surface area (Å²) < 4.78 is 5.92. The second-order valence-corrected chi connectivity index (χ2v) is 10.8. The van der Waals surface area contributed by atoms with Crippen molar-refractivity contribution in [3.8, 4) is 11.5 Å². The molecular formula is C33H40ClN3O3. The standard InChI is InChI=1S/C33H39N3O3.ClH/c1-2-3-20-36-31(32(37)34-30(33(36)38)23-25-10-6-4-7-11-25)27-18-21-35(22-19-27)24-26-14-16-29(17-15-26)39-28-12-8-5-9-13-28;/h4-17,27,30-31H,2-3,18-24H2,1H3,(H,34,37);1H. The number of carbonyl (C=O) groups is 2. The van der Waals surface area contributed by atoms with Gasteiger partial charge in [0.2, 0.25) is 11.8 Å². The molecule has 7 heteroatoms. The number of likely N-dealkylation sites (tertiary alicyclic amines) is 1. The summed E-state index contributed by atoms with van der Waals surface area (Å²) in [6.07, 6.45) is 4.26. The van der Waals surface area contributed by atoms with E-state index >= 15 is 0 Å². The van der Waals surface area contributed by atoms with Gasteiger partial charge in [-0.05, 0) is 73.7 Å². The third-order valence-electron chi connectivity index (χ3n) is 7.92. The Kier molecular flexibility index (Phi) is 10.6. The third kappa shape index (κ3) is 7.43. The van der Waals surface area contributed by atoms with E-state index in [-0.39, 0.29) is 36.2 Å². The summed E-state index contributed by atoms with van der Waals surface area (Å²) in [5, 5.41) is 3.09. The Labute approximate surface area is 244 Å². The lowest BCUT2D eigenvalue weighted by atomic mass is 9.85. The Bertz CT molecular complexity index is 1210. The lowest BCUT2D eigenvalue weighted by molar-refractivity contribution is -0.152. The molecule has 3 aromatic rings. The summed E-state index contributed by atoms with van der Waals surface area (Å²) >= 11 is 0. The van der Waals surface area contributed by atoms with Gasteiger partial charge in [-0.25, -0.2) is 0 Å². The minimum atomic E-state index is -0.484. The van der Waals surface area contributed by atoms with Crippen LogP contribution in [0, 0.1) is 5.92 Å². The smallest absolute Gasteiger partial charge is 0.246 e. The number of amides is 2. The van der Waals surface area contributed by atoms with Gasteiger partial charge in [-0.2, -0.15) is 0 Å². The molecule has 2 unspecified atom stereocenters. The Morgan fingerprint density at radius 3 is 2.10 bits per heavy atom. The Hall–Kier alpha value is -3.35. The molecule has 0 spiro atoms. The number of para-hydroxylation sites is 1. The van der Waals surface area contributed by atoms with E-state index < -0.39 is 6.04 Å². The van der Waals surface area contributed by atoms with Gasteiger partial charge in [-0.1, -0.05) is 74.0 Å². The maximum Gasteiger partial charge on any atom is 0.246 e. The molecule has 2 fully saturated rings. The van der Waals surface area contributed by atoms with Crippen LogP contribution in [0.15, 0.2) is 84.9 Å². The molecule has 5 rings (SSSR count). The van der Waals surface area contributed by atoms with Crippen LogP contribution in [0.3, 0.4) is 0 Å². The van der Waals surface area contributed by atoms with Crippen molar-refractivity contribution in [3.05, 3.63) is 96.1 Å². The summed E-state index contributed by atoms with van der Waals surface area (Å²) in [5.41, 5.74) is 2.31. The second-order valence-electron chi connectivity index (χ2n) is 10.8. The van der Waals surface area contributed by atoms with E-state index in [0.717, 1.165) is 62.4 Å². The van der Waals surface area contributed by atoms with Gasteiger partial charge in [-0.15, -0.1) is 12.4 Å². The molecule has 2 amide bonds. The van der Waals surface area contributed by atoms with Crippen LogP contribution in [0.4, 0.5) is 0 Å². The molecule has 0 radical (unpaired) electrons. The van der Waals surface area contributed by atoms with E-state index in [4.69, 9.17) is 4.74 Å². The fraction of sp³-hybridized carbons (Fsp3) is 0.394. The number of nitrogens with zero attached hydrogens (tertiary/aromatic N) is 2. The summed E-state index contributed by atoms with van der Waals surface area (Å²) in [6.45, 7) is 5.48. The highest BCUT2D eigenvalue weighted by atomic mass is 35.5. The summed E-state index contributed by atoms with van der Waals surface area (Å²) in [7, 11) is 0. The zero-order valence-electron chi connectivity index (χ0n) is 23.2. The number of nitrogens with one attached hydrogen (secondary N) is 1. The highest BCUT2D eigenvalue weighted by Crippen LogP contribution is 2.29. The van der Waals surface area contributed by atoms with E-state index in [1.54, 1.807) is 0 Å². The van der Waals surface area contributed by atoms with Crippen molar-refractivity contribution in [1.29, 1.82) is 0 Å².